The van der Waals surface area contributed by atoms with Crippen molar-refractivity contribution in [1.82, 2.24) is 0 Å². The maximum atomic E-state index is 12.1. The van der Waals surface area contributed by atoms with Crippen LogP contribution >= 0.6 is 11.8 Å². The number of hydrogen-bond acceptors (Lipinski definition) is 6. The van der Waals surface area contributed by atoms with Gasteiger partial charge in [0, 0.05) is 10.6 Å². The second-order valence-corrected chi connectivity index (χ2v) is 6.65. The minimum Gasteiger partial charge on any atom is -0.454 e. The zero-order valence-electron chi connectivity index (χ0n) is 14.2. The maximum Gasteiger partial charge on any atom is 0.326 e. The number of hydrogen-bond donors (Lipinski definition) is 1. The molecule has 0 fully saturated rings. The van der Waals surface area contributed by atoms with Crippen molar-refractivity contribution in [3.8, 4) is 6.07 Å². The molecular formula is C19H15N3O4S. The van der Waals surface area contributed by atoms with Crippen molar-refractivity contribution in [2.45, 2.75) is 4.90 Å². The van der Waals surface area contributed by atoms with Crippen LogP contribution in [0.3, 0.4) is 0 Å². The number of carbonyl (C=O) groups is 3. The summed E-state index contributed by atoms with van der Waals surface area (Å²) in [5, 5.41) is 11.3. The highest BCUT2D eigenvalue weighted by atomic mass is 32.2. The van der Waals surface area contributed by atoms with Crippen molar-refractivity contribution in [1.29, 1.82) is 5.26 Å². The number of thioether (sulfide) groups is 1. The Balaban J connectivity index is 1.53. The average Bonchev–Trinajstić information content (AvgIpc) is 2.69. The van der Waals surface area contributed by atoms with Crippen molar-refractivity contribution in [3.05, 3.63) is 54.1 Å². The molecule has 1 aliphatic rings. The molecule has 2 aromatic carbocycles. The number of nitrogens with zero attached hydrogens (tertiary/aromatic N) is 2. The zero-order valence-corrected chi connectivity index (χ0v) is 15.0. The van der Waals surface area contributed by atoms with Crippen LogP contribution in [0.2, 0.25) is 0 Å². The molecule has 1 aliphatic heterocycles. The van der Waals surface area contributed by atoms with Gasteiger partial charge in [0.2, 0.25) is 5.91 Å². The third kappa shape index (κ3) is 4.65. The molecule has 8 heteroatoms. The smallest absolute Gasteiger partial charge is 0.326 e. The van der Waals surface area contributed by atoms with Crippen molar-refractivity contribution in [2.24, 2.45) is 0 Å². The molecule has 0 bridgehead atoms. The van der Waals surface area contributed by atoms with E-state index in [0.717, 1.165) is 4.90 Å². The minimum atomic E-state index is -0.667. The average molecular weight is 381 g/mol. The summed E-state index contributed by atoms with van der Waals surface area (Å²) >= 11 is 1.42. The van der Waals surface area contributed by atoms with Gasteiger partial charge in [-0.2, -0.15) is 5.26 Å². The quantitative estimate of drug-likeness (QED) is 0.797. The van der Waals surface area contributed by atoms with Crippen molar-refractivity contribution >= 4 is 40.9 Å². The first-order chi connectivity index (χ1) is 13.1. The lowest BCUT2D eigenvalue weighted by Gasteiger charge is -2.27. The topological polar surface area (TPSA) is 99.5 Å². The maximum absolute atomic E-state index is 12.1. The standard InChI is InChI=1S/C19H15N3O4S/c20-9-13-5-7-14(8-6-13)21-17(23)11-26-19(25)10-22-15-3-1-2-4-16(15)27-12-18(22)24/h1-8H,10-12H2,(H,21,23). The number of para-hydroxylation sites is 1. The fourth-order valence-electron chi connectivity index (χ4n) is 2.47. The van der Waals surface area contributed by atoms with Crippen LogP contribution in [0.4, 0.5) is 11.4 Å². The molecule has 1 heterocycles. The Kier molecular flexibility index (Phi) is 5.74. The number of rotatable bonds is 5. The third-order valence-corrected chi connectivity index (χ3v) is 4.80. The summed E-state index contributed by atoms with van der Waals surface area (Å²) in [5.41, 5.74) is 1.63. The van der Waals surface area contributed by atoms with E-state index in [1.54, 1.807) is 36.4 Å². The Morgan fingerprint density at radius 2 is 1.93 bits per heavy atom. The van der Waals surface area contributed by atoms with Crippen LogP contribution in [0, 0.1) is 11.3 Å². The Labute approximate surface area is 159 Å². The minimum absolute atomic E-state index is 0.183. The zero-order chi connectivity index (χ0) is 19.2. The second kappa shape index (κ2) is 8.38. The van der Waals surface area contributed by atoms with Crippen LogP contribution < -0.4 is 10.2 Å². The highest BCUT2D eigenvalue weighted by Crippen LogP contribution is 2.34. The summed E-state index contributed by atoms with van der Waals surface area (Å²) in [6, 6.07) is 15.6. The number of fused-ring (bicyclic) bond motifs is 1. The molecule has 0 saturated heterocycles. The Bertz CT molecular complexity index is 921. The summed E-state index contributed by atoms with van der Waals surface area (Å²) in [4.78, 5) is 38.4. The first-order valence-corrected chi connectivity index (χ1v) is 9.03. The number of nitrogens with one attached hydrogen (secondary N) is 1. The van der Waals surface area contributed by atoms with Crippen LogP contribution in [-0.2, 0) is 19.1 Å². The van der Waals surface area contributed by atoms with E-state index in [4.69, 9.17) is 10.00 Å². The highest BCUT2D eigenvalue weighted by molar-refractivity contribution is 8.00. The van der Waals surface area contributed by atoms with Gasteiger partial charge in [-0.25, -0.2) is 0 Å². The molecule has 0 radical (unpaired) electrons. The van der Waals surface area contributed by atoms with E-state index in [1.165, 1.54) is 16.7 Å². The summed E-state index contributed by atoms with van der Waals surface area (Å²) in [6.07, 6.45) is 0. The second-order valence-electron chi connectivity index (χ2n) is 5.63. The van der Waals surface area contributed by atoms with Crippen molar-refractivity contribution in [2.75, 3.05) is 29.1 Å². The number of amides is 2. The van der Waals surface area contributed by atoms with Gasteiger partial charge < -0.3 is 10.1 Å². The first-order valence-electron chi connectivity index (χ1n) is 8.04. The summed E-state index contributed by atoms with van der Waals surface area (Å²) < 4.78 is 4.98. The largest absolute Gasteiger partial charge is 0.454 e. The van der Waals surface area contributed by atoms with Gasteiger partial charge in [0.15, 0.2) is 6.61 Å². The summed E-state index contributed by atoms with van der Waals surface area (Å²) in [7, 11) is 0. The van der Waals surface area contributed by atoms with Crippen molar-refractivity contribution < 1.29 is 19.1 Å². The van der Waals surface area contributed by atoms with Gasteiger partial charge in [-0.1, -0.05) is 12.1 Å². The summed E-state index contributed by atoms with van der Waals surface area (Å²) in [5.74, 6) is -1.10. The lowest BCUT2D eigenvalue weighted by molar-refractivity contribution is -0.146. The van der Waals surface area contributed by atoms with Gasteiger partial charge in [0.1, 0.15) is 6.54 Å². The monoisotopic (exact) mass is 381 g/mol. The molecule has 0 aliphatic carbocycles. The lowest BCUT2D eigenvalue weighted by Crippen LogP contribution is -2.40. The molecule has 2 amide bonds. The van der Waals surface area contributed by atoms with Gasteiger partial charge in [0.05, 0.1) is 23.1 Å². The third-order valence-electron chi connectivity index (χ3n) is 3.76. The molecule has 1 N–H and O–H groups in total. The fraction of sp³-hybridized carbons (Fsp3) is 0.158. The molecular weight excluding hydrogens is 366 g/mol. The van der Waals surface area contributed by atoms with Gasteiger partial charge in [0.25, 0.3) is 5.91 Å². The lowest BCUT2D eigenvalue weighted by atomic mass is 10.2. The van der Waals surface area contributed by atoms with E-state index < -0.39 is 18.5 Å². The van der Waals surface area contributed by atoms with E-state index in [9.17, 15) is 14.4 Å². The van der Waals surface area contributed by atoms with E-state index >= 15 is 0 Å². The highest BCUT2D eigenvalue weighted by Gasteiger charge is 2.26. The predicted molar refractivity (Wildman–Crippen MR) is 100 cm³/mol. The van der Waals surface area contributed by atoms with Crippen LogP contribution in [0.5, 0.6) is 0 Å². The van der Waals surface area contributed by atoms with E-state index in [0.29, 0.717) is 16.9 Å². The van der Waals surface area contributed by atoms with Crippen LogP contribution in [0.1, 0.15) is 5.56 Å². The number of esters is 1. The van der Waals surface area contributed by atoms with Gasteiger partial charge in [-0.05, 0) is 36.4 Å². The fourth-order valence-corrected chi connectivity index (χ4v) is 3.41. The molecule has 0 unspecified atom stereocenters. The molecule has 3 rings (SSSR count). The Morgan fingerprint density at radius 3 is 2.67 bits per heavy atom. The van der Waals surface area contributed by atoms with Gasteiger partial charge in [-0.3, -0.25) is 19.3 Å². The molecule has 0 aromatic heterocycles. The Morgan fingerprint density at radius 1 is 1.19 bits per heavy atom. The van der Waals surface area contributed by atoms with Crippen LogP contribution in [0.25, 0.3) is 0 Å². The van der Waals surface area contributed by atoms with Gasteiger partial charge in [-0.15, -0.1) is 11.8 Å². The van der Waals surface area contributed by atoms with Crippen LogP contribution in [-0.4, -0.2) is 36.7 Å². The van der Waals surface area contributed by atoms with E-state index in [-0.39, 0.29) is 18.2 Å². The molecule has 136 valence electrons. The first kappa shape index (κ1) is 18.5. The Hall–Kier alpha value is -3.31. The SMILES string of the molecule is N#Cc1ccc(NC(=O)COC(=O)CN2C(=O)CSc3ccccc32)cc1. The van der Waals surface area contributed by atoms with Crippen LogP contribution in [0.15, 0.2) is 53.4 Å². The predicted octanol–water partition coefficient (Wildman–Crippen LogP) is 2.18. The van der Waals surface area contributed by atoms with E-state index in [2.05, 4.69) is 5.32 Å². The molecule has 2 aromatic rings. The van der Waals surface area contributed by atoms with E-state index in [1.807, 2.05) is 18.2 Å². The van der Waals surface area contributed by atoms with Gasteiger partial charge >= 0.3 is 5.97 Å². The summed E-state index contributed by atoms with van der Waals surface area (Å²) in [6.45, 7) is -0.711. The molecule has 7 nitrogen and oxygen atoms in total. The number of benzene rings is 2. The number of ether oxygens (including phenoxy) is 1. The van der Waals surface area contributed by atoms with Crippen molar-refractivity contribution in [3.63, 3.8) is 0 Å². The molecule has 0 spiro atoms. The number of carbonyl (C=O) groups excluding carboxylic acids is 3. The number of anilines is 2. The number of nitriles is 1. The molecule has 27 heavy (non-hydrogen) atoms. The normalized spacial score (nSPS) is 12.7. The molecule has 0 atom stereocenters. The molecule has 0 saturated carbocycles.